The van der Waals surface area contributed by atoms with Gasteiger partial charge >= 0.3 is 11.9 Å². The van der Waals surface area contributed by atoms with Crippen LogP contribution >= 0.6 is 11.8 Å². The van der Waals surface area contributed by atoms with E-state index in [1.807, 2.05) is 0 Å². The summed E-state index contributed by atoms with van der Waals surface area (Å²) in [4.78, 5) is 26.2. The normalized spacial score (nSPS) is 11.1. The van der Waals surface area contributed by atoms with Crippen molar-refractivity contribution in [2.45, 2.75) is 31.4 Å². The minimum absolute atomic E-state index is 0.105. The van der Waals surface area contributed by atoms with Crippen LogP contribution in [0.25, 0.3) is 0 Å². The zero-order chi connectivity index (χ0) is 13.8. The van der Waals surface area contributed by atoms with Crippen LogP contribution in [0.15, 0.2) is 23.4 Å². The van der Waals surface area contributed by atoms with Crippen LogP contribution in [0.2, 0.25) is 0 Å². The molecule has 6 heteroatoms. The Morgan fingerprint density at radius 3 is 2.67 bits per heavy atom. The lowest BCUT2D eigenvalue weighted by atomic mass is 10.2. The van der Waals surface area contributed by atoms with E-state index in [9.17, 15) is 9.59 Å². The topological polar surface area (TPSA) is 76.5 Å². The summed E-state index contributed by atoms with van der Waals surface area (Å²) in [5.74, 6) is -1.26. The molecule has 0 atom stereocenters. The lowest BCUT2D eigenvalue weighted by Crippen LogP contribution is -2.24. The summed E-state index contributed by atoms with van der Waals surface area (Å²) in [5, 5.41) is 9.30. The van der Waals surface area contributed by atoms with Crippen molar-refractivity contribution < 1.29 is 19.4 Å². The van der Waals surface area contributed by atoms with Crippen molar-refractivity contribution in [1.29, 1.82) is 0 Å². The maximum Gasteiger partial charge on any atom is 0.335 e. The second-order valence-electron chi connectivity index (χ2n) is 4.56. The zero-order valence-electron chi connectivity index (χ0n) is 10.5. The highest BCUT2D eigenvalue weighted by Gasteiger charge is 2.16. The number of hydrogen-bond donors (Lipinski definition) is 1. The van der Waals surface area contributed by atoms with Crippen molar-refractivity contribution in [3.63, 3.8) is 0 Å². The molecule has 0 spiro atoms. The summed E-state index contributed by atoms with van der Waals surface area (Å²) < 4.78 is 5.13. The monoisotopic (exact) mass is 269 g/mol. The number of ether oxygens (including phenoxy) is 1. The Hall–Kier alpha value is -1.56. The molecule has 0 amide bonds. The lowest BCUT2D eigenvalue weighted by molar-refractivity contribution is -0.151. The maximum absolute atomic E-state index is 11.5. The summed E-state index contributed by atoms with van der Waals surface area (Å²) in [6.07, 6.45) is 1.40. The number of aromatic carboxylic acids is 1. The van der Waals surface area contributed by atoms with Crippen molar-refractivity contribution in [2.24, 2.45) is 0 Å². The highest BCUT2D eigenvalue weighted by molar-refractivity contribution is 7.99. The number of aromatic nitrogens is 1. The molecule has 1 N–H and O–H groups in total. The Kier molecular flexibility index (Phi) is 4.72. The molecule has 0 aliphatic carbocycles. The highest BCUT2D eigenvalue weighted by atomic mass is 32.2. The zero-order valence-corrected chi connectivity index (χ0v) is 11.3. The largest absolute Gasteiger partial charge is 0.478 e. The van der Waals surface area contributed by atoms with Crippen molar-refractivity contribution in [2.75, 3.05) is 5.75 Å². The van der Waals surface area contributed by atoms with Gasteiger partial charge in [-0.05, 0) is 32.9 Å². The van der Waals surface area contributed by atoms with Crippen LogP contribution in [0, 0.1) is 0 Å². The van der Waals surface area contributed by atoms with Crippen molar-refractivity contribution in [3.05, 3.63) is 23.9 Å². The third kappa shape index (κ3) is 5.18. The summed E-state index contributed by atoms with van der Waals surface area (Å²) in [6.45, 7) is 5.37. The fraction of sp³-hybridized carbons (Fsp3) is 0.417. The van der Waals surface area contributed by atoms with Crippen LogP contribution in [-0.4, -0.2) is 33.4 Å². The Labute approximate surface area is 110 Å². The first-order chi connectivity index (χ1) is 8.28. The standard InChI is InChI=1S/C12H15NO4S/c1-12(2,3)17-10(14)7-18-9-6-8(11(15)16)4-5-13-9/h4-6H,7H2,1-3H3,(H,15,16). The fourth-order valence-corrected chi connectivity index (χ4v) is 1.80. The number of carboxylic acid groups (broad SMARTS) is 1. The molecule has 0 unspecified atom stereocenters. The van der Waals surface area contributed by atoms with E-state index in [-0.39, 0.29) is 17.3 Å². The molecule has 0 aromatic carbocycles. The van der Waals surface area contributed by atoms with Gasteiger partial charge in [-0.3, -0.25) is 4.79 Å². The summed E-state index contributed by atoms with van der Waals surface area (Å²) in [6, 6.07) is 2.83. The molecule has 0 radical (unpaired) electrons. The maximum atomic E-state index is 11.5. The Morgan fingerprint density at radius 2 is 2.11 bits per heavy atom. The van der Waals surface area contributed by atoms with Gasteiger partial charge in [0.2, 0.25) is 0 Å². The molecule has 0 aliphatic rings. The smallest absolute Gasteiger partial charge is 0.335 e. The molecule has 1 aromatic rings. The molecule has 0 aliphatic heterocycles. The van der Waals surface area contributed by atoms with Crippen LogP contribution in [0.5, 0.6) is 0 Å². The summed E-state index contributed by atoms with van der Waals surface area (Å²) in [5.41, 5.74) is -0.370. The second kappa shape index (κ2) is 5.86. The molecule has 0 fully saturated rings. The van der Waals surface area contributed by atoms with Gasteiger partial charge in [-0.1, -0.05) is 11.8 Å². The third-order valence-electron chi connectivity index (χ3n) is 1.74. The SMILES string of the molecule is CC(C)(C)OC(=O)CSc1cc(C(=O)O)ccn1. The molecule has 1 aromatic heterocycles. The van der Waals surface area contributed by atoms with Gasteiger partial charge in [0.05, 0.1) is 16.3 Å². The van der Waals surface area contributed by atoms with E-state index in [4.69, 9.17) is 9.84 Å². The minimum Gasteiger partial charge on any atom is -0.478 e. The first kappa shape index (κ1) is 14.5. The Balaban J connectivity index is 2.56. The van der Waals surface area contributed by atoms with Crippen LogP contribution in [0.4, 0.5) is 0 Å². The van der Waals surface area contributed by atoms with Crippen LogP contribution in [-0.2, 0) is 9.53 Å². The number of rotatable bonds is 4. The van der Waals surface area contributed by atoms with Gasteiger partial charge in [-0.25, -0.2) is 9.78 Å². The summed E-state index contributed by atoms with van der Waals surface area (Å²) in [7, 11) is 0. The van der Waals surface area contributed by atoms with E-state index in [2.05, 4.69) is 4.98 Å². The number of carbonyl (C=O) groups is 2. The van der Waals surface area contributed by atoms with Gasteiger partial charge in [0.25, 0.3) is 0 Å². The lowest BCUT2D eigenvalue weighted by Gasteiger charge is -2.19. The van der Waals surface area contributed by atoms with E-state index in [0.717, 1.165) is 11.8 Å². The van der Waals surface area contributed by atoms with Crippen LogP contribution in [0.1, 0.15) is 31.1 Å². The molecule has 1 heterocycles. The Bertz CT molecular complexity index is 454. The number of hydrogen-bond acceptors (Lipinski definition) is 5. The third-order valence-corrected chi connectivity index (χ3v) is 2.64. The van der Waals surface area contributed by atoms with Gasteiger partial charge < -0.3 is 9.84 Å². The second-order valence-corrected chi connectivity index (χ2v) is 5.56. The molecule has 1 rings (SSSR count). The molecule has 18 heavy (non-hydrogen) atoms. The van der Waals surface area contributed by atoms with Gasteiger partial charge in [0.15, 0.2) is 0 Å². The molecule has 0 saturated heterocycles. The number of pyridine rings is 1. The molecule has 0 saturated carbocycles. The number of carboxylic acids is 1. The molecule has 98 valence electrons. The average Bonchev–Trinajstić information content (AvgIpc) is 2.24. The minimum atomic E-state index is -1.02. The van der Waals surface area contributed by atoms with E-state index in [1.54, 1.807) is 20.8 Å². The van der Waals surface area contributed by atoms with E-state index >= 15 is 0 Å². The van der Waals surface area contributed by atoms with Gasteiger partial charge in [0, 0.05) is 6.20 Å². The Morgan fingerprint density at radius 1 is 1.44 bits per heavy atom. The van der Waals surface area contributed by atoms with Crippen molar-refractivity contribution >= 4 is 23.7 Å². The van der Waals surface area contributed by atoms with E-state index < -0.39 is 11.6 Å². The first-order valence-electron chi connectivity index (χ1n) is 5.32. The van der Waals surface area contributed by atoms with Gasteiger partial charge in [-0.15, -0.1) is 0 Å². The van der Waals surface area contributed by atoms with Gasteiger partial charge in [0.1, 0.15) is 5.60 Å². The van der Waals surface area contributed by atoms with Gasteiger partial charge in [-0.2, -0.15) is 0 Å². The van der Waals surface area contributed by atoms with E-state index in [0.29, 0.717) is 5.03 Å². The molecular weight excluding hydrogens is 254 g/mol. The van der Waals surface area contributed by atoms with Crippen molar-refractivity contribution in [3.8, 4) is 0 Å². The number of esters is 1. The molecular formula is C12H15NO4S. The predicted octanol–water partition coefficient (Wildman–Crippen LogP) is 2.21. The highest BCUT2D eigenvalue weighted by Crippen LogP contribution is 2.18. The fourth-order valence-electron chi connectivity index (χ4n) is 1.13. The number of nitrogens with zero attached hydrogens (tertiary/aromatic N) is 1. The average molecular weight is 269 g/mol. The summed E-state index contributed by atoms with van der Waals surface area (Å²) >= 11 is 1.15. The molecule has 5 nitrogen and oxygen atoms in total. The van der Waals surface area contributed by atoms with E-state index in [1.165, 1.54) is 18.3 Å². The van der Waals surface area contributed by atoms with Crippen molar-refractivity contribution in [1.82, 2.24) is 4.98 Å². The predicted molar refractivity (Wildman–Crippen MR) is 67.8 cm³/mol. The first-order valence-corrected chi connectivity index (χ1v) is 6.30. The number of thioether (sulfide) groups is 1. The number of carbonyl (C=O) groups excluding carboxylic acids is 1. The van der Waals surface area contributed by atoms with Crippen LogP contribution in [0.3, 0.4) is 0 Å². The quantitative estimate of drug-likeness (QED) is 0.667. The molecule has 0 bridgehead atoms. The van der Waals surface area contributed by atoms with Crippen LogP contribution < -0.4 is 0 Å².